The maximum atomic E-state index is 6.00. The number of rotatable bonds is 4. The Bertz CT molecular complexity index is 203. The van der Waals surface area contributed by atoms with Crippen molar-refractivity contribution < 1.29 is 0 Å². The smallest absolute Gasteiger partial charge is 0.00964 e. The molecule has 0 radical (unpaired) electrons. The number of hydrogen-bond acceptors (Lipinski definition) is 2. The summed E-state index contributed by atoms with van der Waals surface area (Å²) in [6.45, 7) is 4.92. The molecule has 0 aromatic heterocycles. The summed E-state index contributed by atoms with van der Waals surface area (Å²) in [5, 5.41) is 0. The molecule has 2 nitrogen and oxygen atoms in total. The van der Waals surface area contributed by atoms with Crippen molar-refractivity contribution >= 4 is 0 Å². The molecule has 2 heteroatoms. The van der Waals surface area contributed by atoms with Crippen molar-refractivity contribution in [1.82, 2.24) is 4.90 Å². The molecule has 2 N–H and O–H groups in total. The summed E-state index contributed by atoms with van der Waals surface area (Å²) in [6, 6.07) is 1.32. The predicted octanol–water partition coefficient (Wildman–Crippen LogP) is 3.16. The number of hydrogen-bond donors (Lipinski definition) is 1. The van der Waals surface area contributed by atoms with Gasteiger partial charge in [-0.3, -0.25) is 0 Å². The third-order valence-electron chi connectivity index (χ3n) is 4.88. The molecule has 2 aliphatic carbocycles. The van der Waals surface area contributed by atoms with Crippen molar-refractivity contribution in [3.05, 3.63) is 0 Å². The summed E-state index contributed by atoms with van der Waals surface area (Å²) < 4.78 is 0. The minimum atomic E-state index is 0.486. The van der Waals surface area contributed by atoms with Crippen LogP contribution in [0.1, 0.15) is 64.7 Å². The van der Waals surface area contributed by atoms with E-state index >= 15 is 0 Å². The molecule has 2 saturated carbocycles. The molecule has 0 unspecified atom stereocenters. The fourth-order valence-corrected chi connectivity index (χ4v) is 3.70. The Morgan fingerprint density at radius 1 is 0.941 bits per heavy atom. The van der Waals surface area contributed by atoms with Gasteiger partial charge in [-0.05, 0) is 51.0 Å². The maximum Gasteiger partial charge on any atom is 0.00964 e. The van der Waals surface area contributed by atoms with E-state index in [1.807, 2.05) is 0 Å². The highest BCUT2D eigenvalue weighted by molar-refractivity contribution is 4.82. The van der Waals surface area contributed by atoms with Crippen LogP contribution >= 0.6 is 0 Å². The minimum absolute atomic E-state index is 0.486. The van der Waals surface area contributed by atoms with Crippen molar-refractivity contribution in [2.24, 2.45) is 11.7 Å². The monoisotopic (exact) mass is 238 g/mol. The Hall–Kier alpha value is -0.0800. The average molecular weight is 238 g/mol. The third kappa shape index (κ3) is 3.96. The van der Waals surface area contributed by atoms with E-state index in [1.54, 1.807) is 0 Å². The van der Waals surface area contributed by atoms with E-state index in [1.165, 1.54) is 70.9 Å². The summed E-state index contributed by atoms with van der Waals surface area (Å²) in [5.74, 6) is 0.985. The fourth-order valence-electron chi connectivity index (χ4n) is 3.70. The molecule has 0 aromatic carbocycles. The highest BCUT2D eigenvalue weighted by Gasteiger charge is 2.25. The van der Waals surface area contributed by atoms with Gasteiger partial charge >= 0.3 is 0 Å². The zero-order valence-corrected chi connectivity index (χ0v) is 11.5. The Balaban J connectivity index is 1.78. The van der Waals surface area contributed by atoms with E-state index in [9.17, 15) is 0 Å². The van der Waals surface area contributed by atoms with E-state index in [0.29, 0.717) is 6.04 Å². The van der Waals surface area contributed by atoms with Gasteiger partial charge in [-0.25, -0.2) is 0 Å². The molecule has 0 atom stereocenters. The normalized spacial score (nSPS) is 31.9. The van der Waals surface area contributed by atoms with Crippen molar-refractivity contribution in [3.63, 3.8) is 0 Å². The molecule has 0 saturated heterocycles. The fraction of sp³-hybridized carbons (Fsp3) is 1.00. The van der Waals surface area contributed by atoms with E-state index < -0.39 is 0 Å². The summed E-state index contributed by atoms with van der Waals surface area (Å²) >= 11 is 0. The lowest BCUT2D eigenvalue weighted by atomic mass is 9.86. The predicted molar refractivity (Wildman–Crippen MR) is 74.1 cm³/mol. The SMILES string of the molecule is CCN(CC1CCCCC1)C1CCC(N)CC1. The van der Waals surface area contributed by atoms with Gasteiger partial charge < -0.3 is 10.6 Å². The minimum Gasteiger partial charge on any atom is -0.328 e. The van der Waals surface area contributed by atoms with Crippen LogP contribution in [0.4, 0.5) is 0 Å². The zero-order valence-electron chi connectivity index (χ0n) is 11.5. The quantitative estimate of drug-likeness (QED) is 0.815. The first-order chi connectivity index (χ1) is 8.29. The highest BCUT2D eigenvalue weighted by Crippen LogP contribution is 2.28. The van der Waals surface area contributed by atoms with Crippen LogP contribution in [0.3, 0.4) is 0 Å². The molecule has 0 bridgehead atoms. The van der Waals surface area contributed by atoms with Crippen molar-refractivity contribution in [3.8, 4) is 0 Å². The second-order valence-corrected chi connectivity index (χ2v) is 6.16. The molecule has 0 spiro atoms. The van der Waals surface area contributed by atoms with Gasteiger partial charge in [0.2, 0.25) is 0 Å². The van der Waals surface area contributed by atoms with Crippen LogP contribution in [0, 0.1) is 5.92 Å². The molecule has 0 aromatic rings. The van der Waals surface area contributed by atoms with Gasteiger partial charge in [0.05, 0.1) is 0 Å². The highest BCUT2D eigenvalue weighted by atomic mass is 15.2. The molecular formula is C15H30N2. The molecule has 0 heterocycles. The second-order valence-electron chi connectivity index (χ2n) is 6.16. The first-order valence-electron chi connectivity index (χ1n) is 7.79. The lowest BCUT2D eigenvalue weighted by molar-refractivity contribution is 0.122. The van der Waals surface area contributed by atoms with Crippen LogP contribution in [-0.4, -0.2) is 30.1 Å². The molecule has 100 valence electrons. The van der Waals surface area contributed by atoms with E-state index in [-0.39, 0.29) is 0 Å². The van der Waals surface area contributed by atoms with Gasteiger partial charge in [-0.15, -0.1) is 0 Å². The van der Waals surface area contributed by atoms with Crippen LogP contribution in [0.5, 0.6) is 0 Å². The van der Waals surface area contributed by atoms with Crippen LogP contribution in [0.15, 0.2) is 0 Å². The van der Waals surface area contributed by atoms with Gasteiger partial charge in [0.15, 0.2) is 0 Å². The Labute approximate surface area is 107 Å². The maximum absolute atomic E-state index is 6.00. The van der Waals surface area contributed by atoms with Crippen LogP contribution in [0.25, 0.3) is 0 Å². The number of nitrogens with two attached hydrogens (primary N) is 1. The van der Waals surface area contributed by atoms with Crippen molar-refractivity contribution in [2.75, 3.05) is 13.1 Å². The van der Waals surface area contributed by atoms with Crippen molar-refractivity contribution in [2.45, 2.75) is 76.8 Å². The molecule has 0 amide bonds. The Morgan fingerprint density at radius 2 is 1.59 bits per heavy atom. The lowest BCUT2D eigenvalue weighted by Crippen LogP contribution is -2.43. The van der Waals surface area contributed by atoms with E-state index in [4.69, 9.17) is 5.73 Å². The summed E-state index contributed by atoms with van der Waals surface area (Å²) in [4.78, 5) is 2.75. The summed E-state index contributed by atoms with van der Waals surface area (Å²) in [7, 11) is 0. The van der Waals surface area contributed by atoms with E-state index in [2.05, 4.69) is 11.8 Å². The van der Waals surface area contributed by atoms with Gasteiger partial charge in [-0.1, -0.05) is 26.2 Å². The molecule has 2 aliphatic rings. The summed E-state index contributed by atoms with van der Waals surface area (Å²) in [6.07, 6.45) is 12.5. The van der Waals surface area contributed by atoms with Gasteiger partial charge in [0.1, 0.15) is 0 Å². The van der Waals surface area contributed by atoms with Crippen LogP contribution in [-0.2, 0) is 0 Å². The molecule has 2 fully saturated rings. The van der Waals surface area contributed by atoms with E-state index in [0.717, 1.165) is 12.0 Å². The number of nitrogens with zero attached hydrogens (tertiary/aromatic N) is 1. The first kappa shape index (κ1) is 13.4. The topological polar surface area (TPSA) is 29.3 Å². The van der Waals surface area contributed by atoms with Gasteiger partial charge in [0, 0.05) is 18.6 Å². The molecule has 0 aliphatic heterocycles. The largest absolute Gasteiger partial charge is 0.328 e. The van der Waals surface area contributed by atoms with Gasteiger partial charge in [0.25, 0.3) is 0 Å². The lowest BCUT2D eigenvalue weighted by Gasteiger charge is -2.38. The van der Waals surface area contributed by atoms with Crippen LogP contribution in [0.2, 0.25) is 0 Å². The third-order valence-corrected chi connectivity index (χ3v) is 4.88. The molecular weight excluding hydrogens is 208 g/mol. The first-order valence-corrected chi connectivity index (χ1v) is 7.79. The summed E-state index contributed by atoms with van der Waals surface area (Å²) in [5.41, 5.74) is 6.00. The zero-order chi connectivity index (χ0) is 12.1. The molecule has 17 heavy (non-hydrogen) atoms. The standard InChI is InChI=1S/C15H30N2/c1-2-17(12-13-6-4-3-5-7-13)15-10-8-14(16)9-11-15/h13-15H,2-12,16H2,1H3. The van der Waals surface area contributed by atoms with Crippen LogP contribution < -0.4 is 5.73 Å². The molecule has 2 rings (SSSR count). The Morgan fingerprint density at radius 3 is 2.18 bits per heavy atom. The Kier molecular flexibility index (Phi) is 5.30. The van der Waals surface area contributed by atoms with Gasteiger partial charge in [-0.2, -0.15) is 0 Å². The average Bonchev–Trinajstić information content (AvgIpc) is 2.38. The van der Waals surface area contributed by atoms with Crippen molar-refractivity contribution in [1.29, 1.82) is 0 Å². The second kappa shape index (κ2) is 6.75.